The number of carboxylic acid groups (broad SMARTS) is 1. The van der Waals surface area contributed by atoms with Crippen molar-refractivity contribution in [3.63, 3.8) is 0 Å². The van der Waals surface area contributed by atoms with Crippen molar-refractivity contribution in [1.82, 2.24) is 15.5 Å². The summed E-state index contributed by atoms with van der Waals surface area (Å²) in [6.07, 6.45) is 3.17. The van der Waals surface area contributed by atoms with Crippen LogP contribution in [0.25, 0.3) is 0 Å². The summed E-state index contributed by atoms with van der Waals surface area (Å²) in [4.78, 5) is 41.8. The van der Waals surface area contributed by atoms with Crippen LogP contribution in [0.3, 0.4) is 0 Å². The summed E-state index contributed by atoms with van der Waals surface area (Å²) in [6.45, 7) is 6.35. The van der Waals surface area contributed by atoms with Crippen LogP contribution in [0.15, 0.2) is 16.6 Å². The summed E-state index contributed by atoms with van der Waals surface area (Å²) >= 11 is 0. The van der Waals surface area contributed by atoms with Crippen LogP contribution >= 0.6 is 0 Å². The summed E-state index contributed by atoms with van der Waals surface area (Å²) < 4.78 is 5.53. The summed E-state index contributed by atoms with van der Waals surface area (Å²) in [5, 5.41) is 15.2. The minimum absolute atomic E-state index is 0.0116. The highest BCUT2D eigenvalue weighted by molar-refractivity contribution is 5.87. The number of rotatable bonds is 6. The molecule has 1 aliphatic heterocycles. The number of nitrogens with zero attached hydrogens (tertiary/aromatic N) is 2. The second-order valence-electron chi connectivity index (χ2n) is 8.33. The molecule has 174 valence electrons. The summed E-state index contributed by atoms with van der Waals surface area (Å²) in [6, 6.07) is -1.49. The van der Waals surface area contributed by atoms with Gasteiger partial charge in [0.2, 0.25) is 5.91 Å². The number of nitrogens with one attached hydrogen (secondary N) is 2. The fraction of sp³-hybridized carbons (Fsp3) is 0.700. The number of nitrogens with two attached hydrogens (primary N) is 2. The van der Waals surface area contributed by atoms with E-state index in [1.807, 2.05) is 13.8 Å². The summed E-state index contributed by atoms with van der Waals surface area (Å²) in [5.74, 6) is -1.45. The Morgan fingerprint density at radius 3 is 2.55 bits per heavy atom. The van der Waals surface area contributed by atoms with E-state index in [0.717, 1.165) is 6.42 Å². The van der Waals surface area contributed by atoms with Crippen molar-refractivity contribution in [3.8, 4) is 0 Å². The van der Waals surface area contributed by atoms with Gasteiger partial charge in [-0.3, -0.25) is 9.69 Å². The number of likely N-dealkylation sites (tertiary alicyclic amines) is 1. The molecule has 0 saturated carbocycles. The van der Waals surface area contributed by atoms with Gasteiger partial charge in [-0.1, -0.05) is 6.08 Å². The lowest BCUT2D eigenvalue weighted by atomic mass is 9.85. The third kappa shape index (κ3) is 7.42. The average Bonchev–Trinajstić information content (AvgIpc) is 2.86. The first-order valence-corrected chi connectivity index (χ1v) is 10.6. The quantitative estimate of drug-likeness (QED) is 0.282. The number of hydrogen-bond acceptors (Lipinski definition) is 6. The lowest BCUT2D eigenvalue weighted by molar-refractivity contribution is -0.133. The Hall–Kier alpha value is -2.82. The van der Waals surface area contributed by atoms with Crippen LogP contribution in [0.2, 0.25) is 0 Å². The molecule has 11 nitrogen and oxygen atoms in total. The number of carbonyl (C=O) groups is 3. The molecule has 1 saturated heterocycles. The largest absolute Gasteiger partial charge is 0.478 e. The van der Waals surface area contributed by atoms with Gasteiger partial charge >= 0.3 is 12.1 Å². The van der Waals surface area contributed by atoms with Crippen molar-refractivity contribution in [1.29, 1.82) is 0 Å². The van der Waals surface area contributed by atoms with Gasteiger partial charge in [0.15, 0.2) is 5.96 Å². The molecule has 0 radical (unpaired) electrons. The molecule has 2 amide bonds. The molecule has 0 spiro atoms. The molecule has 0 aromatic rings. The minimum atomic E-state index is -1.04. The highest BCUT2D eigenvalue weighted by Gasteiger charge is 2.39. The Bertz CT molecular complexity index is 734. The van der Waals surface area contributed by atoms with Crippen LogP contribution in [0.5, 0.6) is 0 Å². The zero-order valence-corrected chi connectivity index (χ0v) is 18.3. The first kappa shape index (κ1) is 24.4. The van der Waals surface area contributed by atoms with Crippen molar-refractivity contribution >= 4 is 23.9 Å². The lowest BCUT2D eigenvalue weighted by Gasteiger charge is -2.40. The van der Waals surface area contributed by atoms with Gasteiger partial charge in [0.05, 0.1) is 18.1 Å². The second-order valence-corrected chi connectivity index (χ2v) is 8.33. The van der Waals surface area contributed by atoms with Gasteiger partial charge in [-0.25, -0.2) is 14.6 Å². The first-order chi connectivity index (χ1) is 14.6. The van der Waals surface area contributed by atoms with E-state index in [2.05, 4.69) is 20.5 Å². The summed E-state index contributed by atoms with van der Waals surface area (Å²) in [5.41, 5.74) is 11.3. The number of amides is 2. The van der Waals surface area contributed by atoms with E-state index in [1.165, 1.54) is 6.92 Å². The van der Waals surface area contributed by atoms with E-state index in [0.29, 0.717) is 25.9 Å². The number of aliphatic imine (C=N–C) groups is 1. The Kier molecular flexibility index (Phi) is 8.66. The van der Waals surface area contributed by atoms with Crippen molar-refractivity contribution in [2.24, 2.45) is 16.5 Å². The SMILES string of the molecule is CC(=O)N[C@@H]1[C@@H](N=C(N)N)CC(C(=O)O)=C[C@H]1N1CCCC(OC(=O)NC(C)C)CC1. The highest BCUT2D eigenvalue weighted by Crippen LogP contribution is 2.28. The van der Waals surface area contributed by atoms with Crippen LogP contribution < -0.4 is 22.1 Å². The third-order valence-corrected chi connectivity index (χ3v) is 5.35. The molecule has 0 aromatic carbocycles. The second kappa shape index (κ2) is 11.0. The molecular weight excluding hydrogens is 404 g/mol. The van der Waals surface area contributed by atoms with Gasteiger partial charge in [-0.05, 0) is 39.7 Å². The normalized spacial score (nSPS) is 26.9. The van der Waals surface area contributed by atoms with E-state index in [-0.39, 0.29) is 36.0 Å². The Labute approximate surface area is 182 Å². The molecule has 1 fully saturated rings. The fourth-order valence-corrected chi connectivity index (χ4v) is 4.11. The number of alkyl carbamates (subject to hydrolysis) is 1. The predicted octanol–water partition coefficient (Wildman–Crippen LogP) is -0.0945. The Balaban J connectivity index is 2.21. The molecule has 31 heavy (non-hydrogen) atoms. The third-order valence-electron chi connectivity index (χ3n) is 5.35. The minimum Gasteiger partial charge on any atom is -0.478 e. The Morgan fingerprint density at radius 2 is 1.97 bits per heavy atom. The molecule has 4 atom stereocenters. The maximum atomic E-state index is 11.9. The van der Waals surface area contributed by atoms with Crippen molar-refractivity contribution in [3.05, 3.63) is 11.6 Å². The number of carboxylic acids is 1. The number of hydrogen-bond donors (Lipinski definition) is 5. The van der Waals surface area contributed by atoms with E-state index >= 15 is 0 Å². The number of carbonyl (C=O) groups excluding carboxylic acids is 2. The molecular formula is C20H34N6O5. The van der Waals surface area contributed by atoms with E-state index in [1.54, 1.807) is 6.08 Å². The predicted molar refractivity (Wildman–Crippen MR) is 115 cm³/mol. The van der Waals surface area contributed by atoms with Gasteiger partial charge < -0.3 is 31.9 Å². The van der Waals surface area contributed by atoms with Crippen molar-refractivity contribution < 1.29 is 24.2 Å². The zero-order chi connectivity index (χ0) is 23.1. The molecule has 2 aliphatic rings. The van der Waals surface area contributed by atoms with Crippen molar-refractivity contribution in [2.45, 2.75) is 76.7 Å². The topological polar surface area (TPSA) is 172 Å². The standard InChI is InChI=1S/C20H34N6O5/c1-11(2)23-20(30)31-14-5-4-7-26(8-6-14)16-10-13(18(28)29)9-15(25-19(21)22)17(16)24-12(3)27/h10-11,14-17H,4-9H2,1-3H3,(H,23,30)(H,24,27)(H,28,29)(H4,21,22,25)/t14?,15-,16+,17+/m0/s1. The molecule has 11 heteroatoms. The molecule has 1 heterocycles. The fourth-order valence-electron chi connectivity index (χ4n) is 4.11. The van der Waals surface area contributed by atoms with Crippen LogP contribution in [0.4, 0.5) is 4.79 Å². The van der Waals surface area contributed by atoms with Gasteiger partial charge in [-0.2, -0.15) is 0 Å². The van der Waals surface area contributed by atoms with Crippen LogP contribution in [-0.4, -0.2) is 77.3 Å². The highest BCUT2D eigenvalue weighted by atomic mass is 16.6. The van der Waals surface area contributed by atoms with Gasteiger partial charge in [0, 0.05) is 31.5 Å². The maximum Gasteiger partial charge on any atom is 0.407 e. The van der Waals surface area contributed by atoms with E-state index in [4.69, 9.17) is 16.2 Å². The van der Waals surface area contributed by atoms with E-state index < -0.39 is 30.2 Å². The number of ether oxygens (including phenoxy) is 1. The molecule has 7 N–H and O–H groups in total. The van der Waals surface area contributed by atoms with Gasteiger partial charge in [-0.15, -0.1) is 0 Å². The van der Waals surface area contributed by atoms with E-state index in [9.17, 15) is 19.5 Å². The average molecular weight is 439 g/mol. The summed E-state index contributed by atoms with van der Waals surface area (Å²) in [7, 11) is 0. The van der Waals surface area contributed by atoms with Gasteiger partial charge in [0.25, 0.3) is 0 Å². The van der Waals surface area contributed by atoms with Crippen LogP contribution in [0.1, 0.15) is 46.5 Å². The smallest absolute Gasteiger partial charge is 0.407 e. The van der Waals surface area contributed by atoms with Crippen LogP contribution in [-0.2, 0) is 14.3 Å². The molecule has 1 unspecified atom stereocenters. The van der Waals surface area contributed by atoms with Crippen molar-refractivity contribution in [2.75, 3.05) is 13.1 Å². The Morgan fingerprint density at radius 1 is 1.26 bits per heavy atom. The first-order valence-electron chi connectivity index (χ1n) is 10.6. The lowest BCUT2D eigenvalue weighted by Crippen LogP contribution is -2.58. The molecule has 0 aromatic heterocycles. The van der Waals surface area contributed by atoms with Gasteiger partial charge in [0.1, 0.15) is 6.10 Å². The maximum absolute atomic E-state index is 11.9. The number of aliphatic carboxylic acids is 1. The van der Waals surface area contributed by atoms with Crippen LogP contribution in [0, 0.1) is 0 Å². The molecule has 2 rings (SSSR count). The monoisotopic (exact) mass is 438 g/mol. The molecule has 0 bridgehead atoms. The molecule has 1 aliphatic carbocycles. The zero-order valence-electron chi connectivity index (χ0n) is 18.3. The number of guanidine groups is 1.